The lowest BCUT2D eigenvalue weighted by Gasteiger charge is -2.39. The van der Waals surface area contributed by atoms with Gasteiger partial charge >= 0.3 is 18.1 Å². The minimum atomic E-state index is -1.20. The highest BCUT2D eigenvalue weighted by Gasteiger charge is 2.40. The molecule has 0 bridgehead atoms. The number of aliphatic carboxylic acids is 1. The van der Waals surface area contributed by atoms with Crippen molar-refractivity contribution in [2.24, 2.45) is 28.9 Å². The fraction of sp³-hybridized carbons (Fsp3) is 0.621. The molecule has 1 aromatic heterocycles. The first kappa shape index (κ1) is 65.4. The summed E-state index contributed by atoms with van der Waals surface area (Å²) < 4.78 is 11.8. The van der Waals surface area contributed by atoms with E-state index in [4.69, 9.17) is 25.0 Å². The van der Waals surface area contributed by atoms with Gasteiger partial charge in [-0.3, -0.25) is 39.0 Å². The van der Waals surface area contributed by atoms with Crippen molar-refractivity contribution in [1.82, 2.24) is 30.9 Å². The van der Waals surface area contributed by atoms with Gasteiger partial charge in [0.1, 0.15) is 29.5 Å². The van der Waals surface area contributed by atoms with Crippen molar-refractivity contribution in [3.8, 4) is 0 Å². The van der Waals surface area contributed by atoms with Crippen LogP contribution in [-0.4, -0.2) is 119 Å². The smallest absolute Gasteiger partial charge is 0.411 e. The molecular weight excluding hydrogens is 1030 g/mol. The second-order valence-electron chi connectivity index (χ2n) is 21.8. The Morgan fingerprint density at radius 2 is 1.57 bits per heavy atom. The van der Waals surface area contributed by atoms with Crippen LogP contribution in [0.2, 0.25) is 0 Å². The number of hydrogen-bond donors (Lipinski definition) is 7. The highest BCUT2D eigenvalue weighted by Crippen LogP contribution is 2.33. The number of aromatic nitrogens is 1. The van der Waals surface area contributed by atoms with Gasteiger partial charge in [-0.1, -0.05) is 91.5 Å². The highest BCUT2D eigenvalue weighted by atomic mass is 32.1. The van der Waals surface area contributed by atoms with Crippen molar-refractivity contribution in [2.45, 2.75) is 176 Å². The van der Waals surface area contributed by atoms with E-state index in [2.05, 4.69) is 38.4 Å². The number of likely N-dealkylation sites (N-methyl/N-ethyl adjacent to an activating group) is 1. The predicted octanol–water partition coefficient (Wildman–Crippen LogP) is 9.21. The van der Waals surface area contributed by atoms with Crippen LogP contribution in [0.15, 0.2) is 53.9 Å². The first-order valence-corrected chi connectivity index (χ1v) is 29.0. The minimum Gasteiger partial charge on any atom is -0.481 e. The van der Waals surface area contributed by atoms with Gasteiger partial charge in [0.15, 0.2) is 0 Å². The second-order valence-corrected chi connectivity index (χ2v) is 22.7. The highest BCUT2D eigenvalue weighted by molar-refractivity contribution is 7.09. The van der Waals surface area contributed by atoms with Gasteiger partial charge in [0.2, 0.25) is 11.8 Å². The molecule has 438 valence electrons. The molecule has 2 heterocycles. The summed E-state index contributed by atoms with van der Waals surface area (Å²) in [6.45, 7) is 18.8. The average Bonchev–Trinajstić information content (AvgIpc) is 3.92. The molecule has 79 heavy (non-hydrogen) atoms. The van der Waals surface area contributed by atoms with Gasteiger partial charge in [-0.15, -0.1) is 11.3 Å². The molecule has 21 heteroatoms. The fourth-order valence-electron chi connectivity index (χ4n) is 9.30. The Labute approximate surface area is 471 Å². The zero-order chi connectivity index (χ0) is 58.2. The third-order valence-electron chi connectivity index (χ3n) is 14.5. The molecule has 7 atom stereocenters. The molecule has 2 aromatic carbocycles. The van der Waals surface area contributed by atoms with Gasteiger partial charge < -0.3 is 41.6 Å². The molecule has 1 fully saturated rings. The van der Waals surface area contributed by atoms with E-state index >= 15 is 0 Å². The number of carbonyl (C=O) groups excluding carboxylic acids is 6. The maximum absolute atomic E-state index is 14.9. The molecule has 0 radical (unpaired) electrons. The Balaban J connectivity index is 1.44. The Hall–Kier alpha value is -6.16. The summed E-state index contributed by atoms with van der Waals surface area (Å²) in [5, 5.41) is 28.1. The van der Waals surface area contributed by atoms with Crippen molar-refractivity contribution >= 4 is 64.4 Å². The lowest BCUT2D eigenvalue weighted by atomic mass is 9.84. The number of unbranched alkanes of at least 4 members (excludes halogenated alkanes) is 2. The maximum atomic E-state index is 14.9. The van der Waals surface area contributed by atoms with E-state index in [0.717, 1.165) is 50.6 Å². The summed E-state index contributed by atoms with van der Waals surface area (Å²) in [4.78, 5) is 105. The molecular formula is C58H89N9O11S. The average molecular weight is 1120 g/mol. The van der Waals surface area contributed by atoms with Crippen molar-refractivity contribution < 1.29 is 53.0 Å². The van der Waals surface area contributed by atoms with E-state index in [9.17, 15) is 38.7 Å². The summed E-state index contributed by atoms with van der Waals surface area (Å²) >= 11 is 1.26. The van der Waals surface area contributed by atoms with Gasteiger partial charge in [0, 0.05) is 48.3 Å². The number of nitrogens with two attached hydrogens (primary N) is 1. The number of anilines is 2. The number of rotatable bonds is 33. The lowest BCUT2D eigenvalue weighted by molar-refractivity contribution is -0.213. The number of nitrogens with zero attached hydrogens (tertiary/aromatic N) is 3. The van der Waals surface area contributed by atoms with Crippen LogP contribution in [0.5, 0.6) is 0 Å². The molecule has 8 N–H and O–H groups in total. The van der Waals surface area contributed by atoms with E-state index in [0.29, 0.717) is 67.4 Å². The maximum Gasteiger partial charge on any atom is 0.411 e. The Morgan fingerprint density at radius 3 is 2.18 bits per heavy atom. The van der Waals surface area contributed by atoms with Crippen molar-refractivity contribution in [1.29, 1.82) is 0 Å². The molecule has 7 amide bonds. The van der Waals surface area contributed by atoms with Crippen molar-refractivity contribution in [2.75, 3.05) is 44.0 Å². The predicted molar refractivity (Wildman–Crippen MR) is 306 cm³/mol. The Morgan fingerprint density at radius 1 is 0.899 bits per heavy atom. The number of amides is 7. The summed E-state index contributed by atoms with van der Waals surface area (Å²) in [6.07, 6.45) is 6.50. The zero-order valence-corrected chi connectivity index (χ0v) is 49.0. The first-order valence-electron chi connectivity index (χ1n) is 28.1. The van der Waals surface area contributed by atoms with E-state index in [-0.39, 0.29) is 66.7 Å². The number of primary amides is 1. The largest absolute Gasteiger partial charge is 0.481 e. The number of carboxylic acid groups (broad SMARTS) is 1. The van der Waals surface area contributed by atoms with Crippen LogP contribution < -0.4 is 32.3 Å². The van der Waals surface area contributed by atoms with Gasteiger partial charge in [0.25, 0.3) is 11.8 Å². The number of carbonyl (C=O) groups is 7. The van der Waals surface area contributed by atoms with Crippen molar-refractivity contribution in [3.63, 3.8) is 0 Å². The number of hydrogen-bond acceptors (Lipinski definition) is 13. The van der Waals surface area contributed by atoms with Crippen molar-refractivity contribution in [3.05, 3.63) is 75.7 Å². The number of thiazole rings is 1. The molecule has 4 rings (SSSR count). The molecule has 0 spiro atoms. The quantitative estimate of drug-likeness (QED) is 0.0222. The number of piperidine rings is 1. The number of benzene rings is 2. The normalized spacial score (nSPS) is 16.1. The number of carboxylic acids is 1. The molecule has 20 nitrogen and oxygen atoms in total. The van der Waals surface area contributed by atoms with Crippen LogP contribution in [0.1, 0.15) is 166 Å². The molecule has 0 aliphatic carbocycles. The third-order valence-corrected chi connectivity index (χ3v) is 15.4. The third kappa shape index (κ3) is 21.4. The Bertz CT molecular complexity index is 2420. The molecule has 1 saturated heterocycles. The van der Waals surface area contributed by atoms with Gasteiger partial charge in [-0.2, -0.15) is 0 Å². The van der Waals surface area contributed by atoms with Gasteiger partial charge in [-0.25, -0.2) is 19.6 Å². The molecule has 3 aromatic rings. The van der Waals surface area contributed by atoms with Crippen LogP contribution in [0.3, 0.4) is 0 Å². The number of hydroxylamine groups is 2. The number of urea groups is 1. The van der Waals surface area contributed by atoms with Gasteiger partial charge in [-0.05, 0) is 127 Å². The SMILES string of the molecule is CCCCCON(C(=O)[C@@H](NC(=O)C1CCCCN1C)[C@@H](C)CC)[C@H](C[C@@H](OCC)c1nc(C(=O)N[C@@H](Cc2ccc(NC(=O)OCc3ccc(NC(=O)[C@@H](C)CCCNC(N)=O)cc3)cc2)CC(C)(C)C(=O)O)cs1)C(C)C. The number of likely N-dealkylation sites (tertiary alicyclic amines) is 1. The molecule has 0 saturated carbocycles. The van der Waals surface area contributed by atoms with E-state index in [1.54, 1.807) is 74.7 Å². The Kier molecular flexibility index (Phi) is 27.1. The zero-order valence-electron chi connectivity index (χ0n) is 48.2. The second kappa shape index (κ2) is 32.8. The molecule has 1 aliphatic heterocycles. The molecule has 1 aliphatic rings. The van der Waals surface area contributed by atoms with E-state index in [1.807, 2.05) is 41.7 Å². The summed E-state index contributed by atoms with van der Waals surface area (Å²) in [6, 6.07) is 11.0. The topological polar surface area (TPSA) is 273 Å². The fourth-order valence-corrected chi connectivity index (χ4v) is 10.2. The van der Waals surface area contributed by atoms with Crippen LogP contribution in [0.4, 0.5) is 21.0 Å². The number of nitrogens with one attached hydrogen (secondary N) is 5. The van der Waals surface area contributed by atoms with Gasteiger partial charge in [0.05, 0.1) is 24.1 Å². The molecule has 1 unspecified atom stereocenters. The standard InChI is InChI=1S/C58H89N9O11S/c1-11-14-17-31-78-67(54(71)49(38(6)12-2)65-52(70)46-20-15-16-30-66(46)10)47(37(4)5)33-48(76-13-3)53-64-45(36-79-53)51(69)62-44(34-58(8,9)55(72)73)32-40-21-25-43(26-22-40)63-57(75)77-35-41-23-27-42(28-24-41)61-50(68)39(7)19-18-29-60-56(59)74/h21-28,36-39,44,46-49H,11-20,29-35H2,1-10H3,(H,61,68)(H,62,69)(H,63,75)(H,65,70)(H,72,73)(H3,59,60,74)/t38-,39-,44-,46?,47+,48+,49-/m0/s1. The monoisotopic (exact) mass is 1120 g/mol. The lowest BCUT2D eigenvalue weighted by Crippen LogP contribution is -2.58. The van der Waals surface area contributed by atoms with Crippen LogP contribution in [0, 0.1) is 23.2 Å². The van der Waals surface area contributed by atoms with Crippen LogP contribution in [0.25, 0.3) is 0 Å². The minimum absolute atomic E-state index is 0.0270. The van der Waals surface area contributed by atoms with E-state index < -0.39 is 53.6 Å². The van der Waals surface area contributed by atoms with Crippen LogP contribution in [-0.2, 0) is 46.5 Å². The summed E-state index contributed by atoms with van der Waals surface area (Å²) in [7, 11) is 1.95. The summed E-state index contributed by atoms with van der Waals surface area (Å²) in [5.74, 6) is -2.72. The first-order chi connectivity index (χ1) is 37.6. The van der Waals surface area contributed by atoms with E-state index in [1.165, 1.54) is 16.4 Å². The summed E-state index contributed by atoms with van der Waals surface area (Å²) in [5.41, 5.74) is 6.53. The number of ether oxygens (including phenoxy) is 2. The van der Waals surface area contributed by atoms with Crippen LogP contribution >= 0.6 is 11.3 Å².